The molecular weight excluding hydrogens is 199 g/mol. The number of alkyl halides is 1. The Kier molecular flexibility index (Phi) is 4.98. The Morgan fingerprint density at radius 3 is 2.25 bits per heavy atom. The Hall–Kier alpha value is -0.850. The number of halogens is 1. The summed E-state index contributed by atoms with van der Waals surface area (Å²) in [5, 5.41) is 0. The van der Waals surface area contributed by atoms with Gasteiger partial charge in [0.25, 0.3) is 0 Å². The molecule has 1 rings (SSSR count). The largest absolute Gasteiger partial charge is 0.251 e. The molecule has 0 amide bonds. The third-order valence-electron chi connectivity index (χ3n) is 3.27. The van der Waals surface area contributed by atoms with Gasteiger partial charge in [-0.25, -0.2) is 0 Å². The lowest BCUT2D eigenvalue weighted by atomic mass is 9.81. The van der Waals surface area contributed by atoms with Crippen molar-refractivity contribution in [3.8, 4) is 0 Å². The summed E-state index contributed by atoms with van der Waals surface area (Å²) in [6, 6.07) is 8.68. The van der Waals surface area contributed by atoms with Crippen molar-refractivity contribution in [1.29, 1.82) is 0 Å². The summed E-state index contributed by atoms with van der Waals surface area (Å²) in [5.41, 5.74) is 2.59. The van der Waals surface area contributed by atoms with Gasteiger partial charge in [0.2, 0.25) is 0 Å². The molecule has 0 aliphatic carbocycles. The first kappa shape index (κ1) is 13.2. The highest BCUT2D eigenvalue weighted by Gasteiger charge is 2.19. The van der Waals surface area contributed by atoms with Crippen molar-refractivity contribution < 1.29 is 4.39 Å². The van der Waals surface area contributed by atoms with Crippen molar-refractivity contribution in [2.24, 2.45) is 0 Å². The third kappa shape index (κ3) is 3.62. The number of hydrogen-bond donors (Lipinski definition) is 0. The Balaban J connectivity index is 2.70. The predicted molar refractivity (Wildman–Crippen MR) is 68.7 cm³/mol. The minimum Gasteiger partial charge on any atom is -0.251 e. The number of unbranched alkanes of at least 4 members (excludes halogenated alkanes) is 1. The number of hydrogen-bond acceptors (Lipinski definition) is 0. The van der Waals surface area contributed by atoms with Crippen molar-refractivity contribution in [2.45, 2.75) is 51.9 Å². The monoisotopic (exact) mass is 222 g/mol. The van der Waals surface area contributed by atoms with Gasteiger partial charge in [-0.1, -0.05) is 51.5 Å². The van der Waals surface area contributed by atoms with E-state index in [1.54, 1.807) is 0 Å². The van der Waals surface area contributed by atoms with E-state index in [1.165, 1.54) is 24.0 Å². The molecule has 1 aromatic rings. The molecule has 0 spiro atoms. The molecule has 1 aromatic carbocycles. The van der Waals surface area contributed by atoms with Crippen LogP contribution in [0.15, 0.2) is 24.3 Å². The molecule has 0 nitrogen and oxygen atoms in total. The summed E-state index contributed by atoms with van der Waals surface area (Å²) in [7, 11) is 0. The van der Waals surface area contributed by atoms with E-state index in [4.69, 9.17) is 0 Å². The topological polar surface area (TPSA) is 0 Å². The second-order valence-electron chi connectivity index (χ2n) is 5.12. The van der Waals surface area contributed by atoms with Gasteiger partial charge in [-0.2, -0.15) is 0 Å². The Bertz CT molecular complexity index is 298. The smallest absolute Gasteiger partial charge is 0.0902 e. The fraction of sp³-hybridized carbons (Fsp3) is 0.600. The van der Waals surface area contributed by atoms with Crippen LogP contribution in [0, 0.1) is 0 Å². The minimum atomic E-state index is -0.245. The molecule has 0 atom stereocenters. The van der Waals surface area contributed by atoms with E-state index < -0.39 is 0 Å². The van der Waals surface area contributed by atoms with Crippen molar-refractivity contribution in [2.75, 3.05) is 6.67 Å². The summed E-state index contributed by atoms with van der Waals surface area (Å²) in [6.45, 7) is 6.17. The SMILES string of the molecule is CCCCc1ccc(C(C)(C)CCF)cc1. The first-order valence-electron chi connectivity index (χ1n) is 6.25. The van der Waals surface area contributed by atoms with Crippen LogP contribution in [0.1, 0.15) is 51.2 Å². The molecule has 0 saturated heterocycles. The Morgan fingerprint density at radius 2 is 1.75 bits per heavy atom. The van der Waals surface area contributed by atoms with Crippen molar-refractivity contribution in [3.63, 3.8) is 0 Å². The van der Waals surface area contributed by atoms with Gasteiger partial charge in [0.05, 0.1) is 6.67 Å². The molecule has 0 fully saturated rings. The second-order valence-corrected chi connectivity index (χ2v) is 5.12. The van der Waals surface area contributed by atoms with E-state index in [-0.39, 0.29) is 12.1 Å². The molecule has 0 bridgehead atoms. The zero-order valence-corrected chi connectivity index (χ0v) is 10.7. The molecule has 0 radical (unpaired) electrons. The average molecular weight is 222 g/mol. The van der Waals surface area contributed by atoms with E-state index in [0.717, 1.165) is 6.42 Å². The second kappa shape index (κ2) is 6.03. The average Bonchev–Trinajstić information content (AvgIpc) is 2.27. The number of aryl methyl sites for hydroxylation is 1. The van der Waals surface area contributed by atoms with E-state index in [1.807, 2.05) is 0 Å². The lowest BCUT2D eigenvalue weighted by Crippen LogP contribution is -2.17. The first-order valence-corrected chi connectivity index (χ1v) is 6.25. The zero-order chi connectivity index (χ0) is 12.0. The molecule has 0 heterocycles. The van der Waals surface area contributed by atoms with Crippen LogP contribution in [-0.2, 0) is 11.8 Å². The van der Waals surface area contributed by atoms with Crippen LogP contribution < -0.4 is 0 Å². The molecule has 1 heteroatoms. The summed E-state index contributed by atoms with van der Waals surface area (Å²) in [4.78, 5) is 0. The van der Waals surface area contributed by atoms with E-state index >= 15 is 0 Å². The predicted octanol–water partition coefficient (Wildman–Crippen LogP) is 4.67. The van der Waals surface area contributed by atoms with Crippen LogP contribution in [0.3, 0.4) is 0 Å². The zero-order valence-electron chi connectivity index (χ0n) is 10.7. The van der Waals surface area contributed by atoms with E-state index in [9.17, 15) is 4.39 Å². The van der Waals surface area contributed by atoms with Crippen LogP contribution in [0.2, 0.25) is 0 Å². The molecule has 0 aliphatic rings. The van der Waals surface area contributed by atoms with Gasteiger partial charge >= 0.3 is 0 Å². The van der Waals surface area contributed by atoms with Gasteiger partial charge in [0.15, 0.2) is 0 Å². The van der Waals surface area contributed by atoms with Crippen LogP contribution in [0.4, 0.5) is 4.39 Å². The highest BCUT2D eigenvalue weighted by Crippen LogP contribution is 2.27. The van der Waals surface area contributed by atoms with E-state index in [0.29, 0.717) is 6.42 Å². The molecule has 0 N–H and O–H groups in total. The summed E-state index contributed by atoms with van der Waals surface area (Å²) in [5.74, 6) is 0. The molecule has 0 aliphatic heterocycles. The third-order valence-corrected chi connectivity index (χ3v) is 3.27. The van der Waals surface area contributed by atoms with Crippen LogP contribution in [0.25, 0.3) is 0 Å². The van der Waals surface area contributed by atoms with Gasteiger partial charge < -0.3 is 0 Å². The number of rotatable bonds is 6. The Morgan fingerprint density at radius 1 is 1.12 bits per heavy atom. The van der Waals surface area contributed by atoms with Crippen LogP contribution >= 0.6 is 0 Å². The number of benzene rings is 1. The van der Waals surface area contributed by atoms with Crippen molar-refractivity contribution >= 4 is 0 Å². The summed E-state index contributed by atoms with van der Waals surface area (Å²) < 4.78 is 12.4. The van der Waals surface area contributed by atoms with Crippen LogP contribution in [-0.4, -0.2) is 6.67 Å². The van der Waals surface area contributed by atoms with Crippen molar-refractivity contribution in [3.05, 3.63) is 35.4 Å². The molecular formula is C15H23F. The highest BCUT2D eigenvalue weighted by molar-refractivity contribution is 5.28. The Labute approximate surface area is 98.9 Å². The normalized spacial score (nSPS) is 11.8. The maximum Gasteiger partial charge on any atom is 0.0902 e. The van der Waals surface area contributed by atoms with Gasteiger partial charge in [-0.3, -0.25) is 4.39 Å². The first-order chi connectivity index (χ1) is 7.60. The lowest BCUT2D eigenvalue weighted by molar-refractivity contribution is 0.378. The van der Waals surface area contributed by atoms with Gasteiger partial charge in [0, 0.05) is 0 Å². The lowest BCUT2D eigenvalue weighted by Gasteiger charge is -2.24. The molecule has 16 heavy (non-hydrogen) atoms. The van der Waals surface area contributed by atoms with Crippen molar-refractivity contribution in [1.82, 2.24) is 0 Å². The molecule has 0 saturated carbocycles. The van der Waals surface area contributed by atoms with Crippen LogP contribution in [0.5, 0.6) is 0 Å². The quantitative estimate of drug-likeness (QED) is 0.656. The summed E-state index contributed by atoms with van der Waals surface area (Å²) in [6.07, 6.45) is 4.23. The minimum absolute atomic E-state index is 0.0436. The highest BCUT2D eigenvalue weighted by atomic mass is 19.1. The summed E-state index contributed by atoms with van der Waals surface area (Å²) >= 11 is 0. The van der Waals surface area contributed by atoms with Gasteiger partial charge in [0.1, 0.15) is 0 Å². The molecule has 90 valence electrons. The maximum absolute atomic E-state index is 12.4. The molecule has 0 aromatic heterocycles. The fourth-order valence-electron chi connectivity index (χ4n) is 1.88. The standard InChI is InChI=1S/C15H23F/c1-4-5-6-13-7-9-14(10-8-13)15(2,3)11-12-16/h7-10H,4-6,11-12H2,1-3H3. The van der Waals surface area contributed by atoms with Gasteiger partial charge in [-0.05, 0) is 35.8 Å². The maximum atomic E-state index is 12.4. The molecule has 0 unspecified atom stereocenters. The van der Waals surface area contributed by atoms with Gasteiger partial charge in [-0.15, -0.1) is 0 Å². The van der Waals surface area contributed by atoms with E-state index in [2.05, 4.69) is 45.0 Å². The fourth-order valence-corrected chi connectivity index (χ4v) is 1.88.